The number of hydrogen-bond acceptors (Lipinski definition) is 1. The summed E-state index contributed by atoms with van der Waals surface area (Å²) < 4.78 is 69.8. The van der Waals surface area contributed by atoms with Gasteiger partial charge in [0.05, 0.1) is 5.56 Å². The first-order valence-electron chi connectivity index (χ1n) is 5.67. The van der Waals surface area contributed by atoms with Gasteiger partial charge in [0.15, 0.2) is 0 Å². The van der Waals surface area contributed by atoms with Gasteiger partial charge in [-0.2, -0.15) is 22.0 Å². The Labute approximate surface area is 109 Å². The molecule has 3 aromatic rings. The molecular weight excluding hydrogens is 279 g/mol. The lowest BCUT2D eigenvalue weighted by Gasteiger charge is -2.19. The van der Waals surface area contributed by atoms with Gasteiger partial charge in [0.25, 0.3) is 0 Å². The van der Waals surface area contributed by atoms with Crippen LogP contribution in [0.1, 0.15) is 5.56 Å². The lowest BCUT2D eigenvalue weighted by atomic mass is 10.0. The molecule has 0 N–H and O–H groups in total. The Morgan fingerprint density at radius 3 is 2.10 bits per heavy atom. The number of alkyl halides is 5. The molecule has 3 rings (SSSR count). The van der Waals surface area contributed by atoms with Gasteiger partial charge in [-0.25, -0.2) is 0 Å². The second-order valence-corrected chi connectivity index (χ2v) is 4.35. The first-order chi connectivity index (χ1) is 9.32. The molecule has 104 valence electrons. The number of para-hydroxylation sites is 2. The van der Waals surface area contributed by atoms with Crippen LogP contribution in [0, 0.1) is 0 Å². The largest absolute Gasteiger partial charge is 0.458 e. The molecule has 1 heterocycles. The van der Waals surface area contributed by atoms with Crippen molar-refractivity contribution in [3.8, 4) is 0 Å². The highest BCUT2D eigenvalue weighted by Crippen LogP contribution is 2.47. The maximum Gasteiger partial charge on any atom is 0.458 e. The quantitative estimate of drug-likeness (QED) is 0.557. The van der Waals surface area contributed by atoms with E-state index in [0.29, 0.717) is 5.39 Å². The lowest BCUT2D eigenvalue weighted by Crippen LogP contribution is -2.33. The Morgan fingerprint density at radius 1 is 0.750 bits per heavy atom. The summed E-state index contributed by atoms with van der Waals surface area (Å²) in [6, 6.07) is 9.76. The molecule has 0 aliphatic heterocycles. The van der Waals surface area contributed by atoms with Crippen molar-refractivity contribution in [3.05, 3.63) is 48.0 Å². The smallest absolute Gasteiger partial charge is 0.456 e. The van der Waals surface area contributed by atoms with E-state index in [1.165, 1.54) is 18.2 Å². The summed E-state index contributed by atoms with van der Waals surface area (Å²) in [6.07, 6.45) is -5.67. The van der Waals surface area contributed by atoms with Crippen molar-refractivity contribution in [3.63, 3.8) is 0 Å². The van der Waals surface area contributed by atoms with Crippen LogP contribution >= 0.6 is 0 Å². The third-order valence-corrected chi connectivity index (χ3v) is 3.10. The minimum Gasteiger partial charge on any atom is -0.456 e. The second-order valence-electron chi connectivity index (χ2n) is 4.35. The summed E-state index contributed by atoms with van der Waals surface area (Å²) in [6.45, 7) is 0. The van der Waals surface area contributed by atoms with Crippen molar-refractivity contribution >= 4 is 21.9 Å². The highest BCUT2D eigenvalue weighted by molar-refractivity contribution is 6.05. The molecule has 1 nitrogen and oxygen atoms in total. The summed E-state index contributed by atoms with van der Waals surface area (Å²) in [5.41, 5.74) is -1.33. The number of furan rings is 1. The van der Waals surface area contributed by atoms with Crippen molar-refractivity contribution in [1.82, 2.24) is 0 Å². The third-order valence-electron chi connectivity index (χ3n) is 3.10. The molecule has 1 aromatic heterocycles. The number of hydrogen-bond donors (Lipinski definition) is 0. The van der Waals surface area contributed by atoms with Gasteiger partial charge in [-0.15, -0.1) is 0 Å². The predicted molar refractivity (Wildman–Crippen MR) is 63.7 cm³/mol. The number of fused-ring (bicyclic) bond motifs is 3. The molecule has 0 fully saturated rings. The van der Waals surface area contributed by atoms with Gasteiger partial charge in [0.2, 0.25) is 0 Å². The molecule has 0 radical (unpaired) electrons. The Balaban J connectivity index is 2.38. The summed E-state index contributed by atoms with van der Waals surface area (Å²) in [5, 5.41) is 0.740. The zero-order valence-corrected chi connectivity index (χ0v) is 9.84. The molecule has 0 saturated heterocycles. The Kier molecular flexibility index (Phi) is 2.54. The van der Waals surface area contributed by atoms with Gasteiger partial charge < -0.3 is 4.42 Å². The van der Waals surface area contributed by atoms with Crippen LogP contribution < -0.4 is 0 Å². The maximum absolute atomic E-state index is 13.5. The van der Waals surface area contributed by atoms with Gasteiger partial charge >= 0.3 is 12.1 Å². The monoisotopic (exact) mass is 286 g/mol. The molecule has 0 unspecified atom stereocenters. The molecule has 0 aliphatic rings. The van der Waals surface area contributed by atoms with E-state index in [9.17, 15) is 22.0 Å². The van der Waals surface area contributed by atoms with E-state index >= 15 is 0 Å². The van der Waals surface area contributed by atoms with E-state index in [0.717, 1.165) is 6.07 Å². The van der Waals surface area contributed by atoms with E-state index in [1.54, 1.807) is 18.2 Å². The Hall–Kier alpha value is -2.11. The van der Waals surface area contributed by atoms with Crippen LogP contribution in [-0.2, 0) is 5.92 Å². The van der Waals surface area contributed by atoms with Crippen LogP contribution in [0.2, 0.25) is 0 Å². The van der Waals surface area contributed by atoms with Crippen LogP contribution in [0.3, 0.4) is 0 Å². The topological polar surface area (TPSA) is 13.1 Å². The highest BCUT2D eigenvalue weighted by atomic mass is 19.4. The Bertz CT molecular complexity index is 785. The van der Waals surface area contributed by atoms with Crippen LogP contribution in [0.25, 0.3) is 21.9 Å². The number of benzene rings is 2. The molecule has 6 heteroatoms. The van der Waals surface area contributed by atoms with E-state index in [4.69, 9.17) is 4.42 Å². The molecule has 0 saturated carbocycles. The van der Waals surface area contributed by atoms with Gasteiger partial charge in [0.1, 0.15) is 11.2 Å². The SMILES string of the molecule is FC(F)(F)C(F)(F)c1cccc2c1oc1ccccc12. The minimum atomic E-state index is -5.67. The van der Waals surface area contributed by atoms with Gasteiger partial charge in [-0.1, -0.05) is 30.3 Å². The third kappa shape index (κ3) is 1.67. The summed E-state index contributed by atoms with van der Waals surface area (Å²) in [7, 11) is 0. The summed E-state index contributed by atoms with van der Waals surface area (Å²) in [4.78, 5) is 0. The molecule has 0 bridgehead atoms. The highest BCUT2D eigenvalue weighted by Gasteiger charge is 2.59. The molecule has 20 heavy (non-hydrogen) atoms. The van der Waals surface area contributed by atoms with Crippen molar-refractivity contribution < 1.29 is 26.4 Å². The molecule has 0 atom stereocenters. The van der Waals surface area contributed by atoms with Gasteiger partial charge in [-0.3, -0.25) is 0 Å². The molecular formula is C14H7F5O. The average Bonchev–Trinajstić information content (AvgIpc) is 2.75. The van der Waals surface area contributed by atoms with Crippen molar-refractivity contribution in [1.29, 1.82) is 0 Å². The van der Waals surface area contributed by atoms with E-state index in [2.05, 4.69) is 0 Å². The number of halogens is 5. The molecule has 0 amide bonds. The fraction of sp³-hybridized carbons (Fsp3) is 0.143. The van der Waals surface area contributed by atoms with Crippen molar-refractivity contribution in [2.75, 3.05) is 0 Å². The fourth-order valence-electron chi connectivity index (χ4n) is 2.15. The predicted octanol–water partition coefficient (Wildman–Crippen LogP) is 5.24. The molecule has 0 spiro atoms. The van der Waals surface area contributed by atoms with Gasteiger partial charge in [0, 0.05) is 10.8 Å². The lowest BCUT2D eigenvalue weighted by molar-refractivity contribution is -0.289. The minimum absolute atomic E-state index is 0.238. The van der Waals surface area contributed by atoms with Gasteiger partial charge in [-0.05, 0) is 12.1 Å². The number of rotatable bonds is 1. The van der Waals surface area contributed by atoms with Crippen LogP contribution in [0.5, 0.6) is 0 Å². The average molecular weight is 286 g/mol. The summed E-state index contributed by atoms with van der Waals surface area (Å²) in [5.74, 6) is -4.96. The molecule has 0 aliphatic carbocycles. The van der Waals surface area contributed by atoms with E-state index in [-0.39, 0.29) is 11.0 Å². The normalized spacial score (nSPS) is 13.2. The van der Waals surface area contributed by atoms with E-state index in [1.807, 2.05) is 0 Å². The summed E-state index contributed by atoms with van der Waals surface area (Å²) >= 11 is 0. The first-order valence-corrected chi connectivity index (χ1v) is 5.67. The standard InChI is InChI=1S/C14H7F5O/c15-13(16,14(17,18)19)10-6-3-5-9-8-4-1-2-7-11(8)20-12(9)10/h1-7H. The first kappa shape index (κ1) is 12.9. The fourth-order valence-corrected chi connectivity index (χ4v) is 2.15. The Morgan fingerprint density at radius 2 is 1.40 bits per heavy atom. The second kappa shape index (κ2) is 3.94. The van der Waals surface area contributed by atoms with E-state index < -0.39 is 23.2 Å². The van der Waals surface area contributed by atoms with Crippen LogP contribution in [-0.4, -0.2) is 6.18 Å². The molecule has 2 aromatic carbocycles. The van der Waals surface area contributed by atoms with Crippen LogP contribution in [0.4, 0.5) is 22.0 Å². The zero-order chi connectivity index (χ0) is 14.5. The van der Waals surface area contributed by atoms with Crippen molar-refractivity contribution in [2.45, 2.75) is 12.1 Å². The van der Waals surface area contributed by atoms with Crippen molar-refractivity contribution in [2.24, 2.45) is 0 Å². The zero-order valence-electron chi connectivity index (χ0n) is 9.84. The van der Waals surface area contributed by atoms with Crippen LogP contribution in [0.15, 0.2) is 46.9 Å². The maximum atomic E-state index is 13.5.